The summed E-state index contributed by atoms with van der Waals surface area (Å²) in [6, 6.07) is 19.3. The van der Waals surface area contributed by atoms with Gasteiger partial charge in [0.15, 0.2) is 0 Å². The molecule has 1 aliphatic rings. The topological polar surface area (TPSA) is 69.3 Å². The molecule has 0 bridgehead atoms. The summed E-state index contributed by atoms with van der Waals surface area (Å²) in [5.41, 5.74) is 2.32. The Morgan fingerprint density at radius 1 is 1.00 bits per heavy atom. The summed E-state index contributed by atoms with van der Waals surface area (Å²) in [6.45, 7) is 3.59. The van der Waals surface area contributed by atoms with E-state index in [0.717, 1.165) is 41.3 Å². The first-order valence-electron chi connectivity index (χ1n) is 10.3. The fourth-order valence-corrected chi connectivity index (χ4v) is 4.74. The SMILES string of the molecule is O=C(c1cc2ccccc2c(=O)[nH]1)N1CCN(Cc2csc(-c3ccccc3)n2)CC1. The number of benzene rings is 2. The molecule has 6 nitrogen and oxygen atoms in total. The smallest absolute Gasteiger partial charge is 0.270 e. The molecule has 1 fully saturated rings. The second-order valence-corrected chi connectivity index (χ2v) is 8.54. The van der Waals surface area contributed by atoms with Crippen molar-refractivity contribution in [2.45, 2.75) is 6.54 Å². The lowest BCUT2D eigenvalue weighted by Gasteiger charge is -2.34. The predicted octanol–water partition coefficient (Wildman–Crippen LogP) is 3.61. The highest BCUT2D eigenvalue weighted by atomic mass is 32.1. The Bertz CT molecular complexity index is 1270. The zero-order chi connectivity index (χ0) is 21.2. The highest BCUT2D eigenvalue weighted by Gasteiger charge is 2.23. The fraction of sp³-hybridized carbons (Fsp3) is 0.208. The van der Waals surface area contributed by atoms with E-state index in [9.17, 15) is 9.59 Å². The Balaban J connectivity index is 1.22. The van der Waals surface area contributed by atoms with Crippen LogP contribution >= 0.6 is 11.3 Å². The standard InChI is InChI=1S/C24H22N4O2S/c29-22-20-9-5-4-8-18(20)14-21(26-22)24(30)28-12-10-27(11-13-28)15-19-16-31-23(25-19)17-6-2-1-3-7-17/h1-9,14,16H,10-13,15H2,(H,26,29). The van der Waals surface area contributed by atoms with Crippen LogP contribution < -0.4 is 5.56 Å². The quantitative estimate of drug-likeness (QED) is 0.537. The van der Waals surface area contributed by atoms with Gasteiger partial charge < -0.3 is 9.88 Å². The van der Waals surface area contributed by atoms with Gasteiger partial charge >= 0.3 is 0 Å². The molecule has 0 saturated carbocycles. The van der Waals surface area contributed by atoms with Gasteiger partial charge in [0, 0.05) is 49.1 Å². The number of pyridine rings is 1. The molecule has 5 rings (SSSR count). The summed E-state index contributed by atoms with van der Waals surface area (Å²) >= 11 is 1.66. The lowest BCUT2D eigenvalue weighted by molar-refractivity contribution is 0.0621. The molecule has 31 heavy (non-hydrogen) atoms. The molecule has 0 aliphatic carbocycles. The van der Waals surface area contributed by atoms with Crippen LogP contribution in [0.4, 0.5) is 0 Å². The number of amides is 1. The summed E-state index contributed by atoms with van der Waals surface area (Å²) in [6.07, 6.45) is 0. The normalized spacial score (nSPS) is 14.8. The van der Waals surface area contributed by atoms with Crippen LogP contribution in [0.25, 0.3) is 21.3 Å². The van der Waals surface area contributed by atoms with Gasteiger partial charge in [-0.15, -0.1) is 11.3 Å². The minimum atomic E-state index is -0.224. The van der Waals surface area contributed by atoms with Crippen molar-refractivity contribution in [3.63, 3.8) is 0 Å². The zero-order valence-electron chi connectivity index (χ0n) is 17.0. The summed E-state index contributed by atoms with van der Waals surface area (Å²) in [5, 5.41) is 4.53. The van der Waals surface area contributed by atoms with Crippen LogP contribution in [0, 0.1) is 0 Å². The minimum Gasteiger partial charge on any atom is -0.335 e. The van der Waals surface area contributed by atoms with Crippen molar-refractivity contribution in [2.75, 3.05) is 26.2 Å². The van der Waals surface area contributed by atoms with E-state index in [2.05, 4.69) is 27.4 Å². The summed E-state index contributed by atoms with van der Waals surface area (Å²) in [7, 11) is 0. The van der Waals surface area contributed by atoms with E-state index in [1.165, 1.54) is 0 Å². The van der Waals surface area contributed by atoms with Gasteiger partial charge in [-0.3, -0.25) is 14.5 Å². The molecule has 1 N–H and O–H groups in total. The zero-order valence-corrected chi connectivity index (χ0v) is 17.8. The van der Waals surface area contributed by atoms with Crippen LogP contribution in [0.1, 0.15) is 16.2 Å². The number of thiazole rings is 1. The van der Waals surface area contributed by atoms with Crippen molar-refractivity contribution in [1.82, 2.24) is 19.8 Å². The predicted molar refractivity (Wildman–Crippen MR) is 123 cm³/mol. The molecule has 0 atom stereocenters. The van der Waals surface area contributed by atoms with Gasteiger partial charge in [0.2, 0.25) is 0 Å². The summed E-state index contributed by atoms with van der Waals surface area (Å²) in [4.78, 5) is 36.9. The Morgan fingerprint density at radius 2 is 1.74 bits per heavy atom. The van der Waals surface area contributed by atoms with E-state index in [0.29, 0.717) is 24.2 Å². The molecule has 1 saturated heterocycles. The van der Waals surface area contributed by atoms with Crippen molar-refractivity contribution in [2.24, 2.45) is 0 Å². The molecular formula is C24H22N4O2S. The first kappa shape index (κ1) is 19.7. The number of hydrogen-bond donors (Lipinski definition) is 1. The van der Waals surface area contributed by atoms with Crippen LogP contribution in [0.15, 0.2) is 70.8 Å². The van der Waals surface area contributed by atoms with Gasteiger partial charge in [0.1, 0.15) is 10.7 Å². The third-order valence-electron chi connectivity index (χ3n) is 5.60. The van der Waals surface area contributed by atoms with Crippen molar-refractivity contribution >= 4 is 28.0 Å². The van der Waals surface area contributed by atoms with Crippen LogP contribution in [0.5, 0.6) is 0 Å². The second kappa shape index (κ2) is 8.45. The number of fused-ring (bicyclic) bond motifs is 1. The molecular weight excluding hydrogens is 408 g/mol. The van der Waals surface area contributed by atoms with Crippen LogP contribution in [0.2, 0.25) is 0 Å². The Labute approximate surface area is 183 Å². The van der Waals surface area contributed by atoms with E-state index in [-0.39, 0.29) is 11.5 Å². The summed E-state index contributed by atoms with van der Waals surface area (Å²) < 4.78 is 0. The van der Waals surface area contributed by atoms with Gasteiger partial charge in [-0.25, -0.2) is 4.98 Å². The third kappa shape index (κ3) is 4.15. The second-order valence-electron chi connectivity index (χ2n) is 7.68. The molecule has 0 spiro atoms. The van der Waals surface area contributed by atoms with Crippen molar-refractivity contribution in [3.05, 3.63) is 87.8 Å². The van der Waals surface area contributed by atoms with Crippen molar-refractivity contribution < 1.29 is 4.79 Å². The van der Waals surface area contributed by atoms with E-state index in [1.807, 2.05) is 41.3 Å². The number of carbonyl (C=O) groups excluding carboxylic acids is 1. The summed E-state index contributed by atoms with van der Waals surface area (Å²) in [5.74, 6) is -0.123. The maximum absolute atomic E-state index is 12.9. The van der Waals surface area contributed by atoms with E-state index < -0.39 is 0 Å². The molecule has 3 heterocycles. The van der Waals surface area contributed by atoms with E-state index in [1.54, 1.807) is 23.5 Å². The maximum atomic E-state index is 12.9. The number of rotatable bonds is 4. The molecule has 0 unspecified atom stereocenters. The molecule has 1 aliphatic heterocycles. The first-order valence-corrected chi connectivity index (χ1v) is 11.2. The monoisotopic (exact) mass is 430 g/mol. The molecule has 2 aromatic carbocycles. The Kier molecular flexibility index (Phi) is 5.36. The molecule has 4 aromatic rings. The highest BCUT2D eigenvalue weighted by molar-refractivity contribution is 7.13. The number of H-pyrrole nitrogens is 1. The molecule has 156 valence electrons. The number of piperazine rings is 1. The minimum absolute atomic E-state index is 0.123. The molecule has 1 amide bonds. The molecule has 7 heteroatoms. The van der Waals surface area contributed by atoms with E-state index in [4.69, 9.17) is 4.98 Å². The number of nitrogens with one attached hydrogen (secondary N) is 1. The number of aromatic amines is 1. The van der Waals surface area contributed by atoms with Gasteiger partial charge in [0.05, 0.1) is 5.69 Å². The van der Waals surface area contributed by atoms with Crippen molar-refractivity contribution in [1.29, 1.82) is 0 Å². The average molecular weight is 431 g/mol. The van der Waals surface area contributed by atoms with Gasteiger partial charge in [-0.1, -0.05) is 48.5 Å². The van der Waals surface area contributed by atoms with Crippen LogP contribution in [-0.4, -0.2) is 51.9 Å². The van der Waals surface area contributed by atoms with Gasteiger partial charge in [0.25, 0.3) is 11.5 Å². The molecule has 0 radical (unpaired) electrons. The van der Waals surface area contributed by atoms with Gasteiger partial charge in [-0.2, -0.15) is 0 Å². The maximum Gasteiger partial charge on any atom is 0.270 e. The molecule has 2 aromatic heterocycles. The highest BCUT2D eigenvalue weighted by Crippen LogP contribution is 2.24. The van der Waals surface area contributed by atoms with Gasteiger partial charge in [-0.05, 0) is 17.5 Å². The lowest BCUT2D eigenvalue weighted by atomic mass is 10.1. The van der Waals surface area contributed by atoms with E-state index >= 15 is 0 Å². The van der Waals surface area contributed by atoms with Crippen LogP contribution in [-0.2, 0) is 6.54 Å². The fourth-order valence-electron chi connectivity index (χ4n) is 3.93. The largest absolute Gasteiger partial charge is 0.335 e. The Morgan fingerprint density at radius 3 is 2.55 bits per heavy atom. The Hall–Kier alpha value is -3.29. The lowest BCUT2D eigenvalue weighted by Crippen LogP contribution is -2.48. The number of aromatic nitrogens is 2. The number of nitrogens with zero attached hydrogens (tertiary/aromatic N) is 3. The van der Waals surface area contributed by atoms with Crippen LogP contribution in [0.3, 0.4) is 0 Å². The van der Waals surface area contributed by atoms with Crippen molar-refractivity contribution in [3.8, 4) is 10.6 Å². The average Bonchev–Trinajstić information content (AvgIpc) is 3.28. The first-order chi connectivity index (χ1) is 15.2. The number of carbonyl (C=O) groups is 1. The third-order valence-corrected chi connectivity index (χ3v) is 6.54. The number of hydrogen-bond acceptors (Lipinski definition) is 5.